The van der Waals surface area contributed by atoms with Gasteiger partial charge in [-0.1, -0.05) is 0 Å². The van der Waals surface area contributed by atoms with E-state index in [9.17, 15) is 9.59 Å². The predicted octanol–water partition coefficient (Wildman–Crippen LogP) is 3.64. The smallest absolute Gasteiger partial charge is 0.306 e. The number of nitrogens with zero attached hydrogens (tertiary/aromatic N) is 1. The van der Waals surface area contributed by atoms with Crippen molar-refractivity contribution in [3.63, 3.8) is 0 Å². The quantitative estimate of drug-likeness (QED) is 0.730. The summed E-state index contributed by atoms with van der Waals surface area (Å²) in [6, 6.07) is 0. The standard InChI is InChI=1S/C21H33NO3/c1-21(2,3)25-20(24)9-15-11-22(12-15)19(23)10-18-16-5-13-4-14(7-16)8-17(18)6-13/h13-18H,4-12H2,1-3H3. The minimum absolute atomic E-state index is 0.134. The molecule has 5 aliphatic rings. The lowest BCUT2D eigenvalue weighted by atomic mass is 9.51. The molecule has 140 valence electrons. The van der Waals surface area contributed by atoms with Crippen molar-refractivity contribution in [2.24, 2.45) is 35.5 Å². The van der Waals surface area contributed by atoms with Crippen LogP contribution in [0.2, 0.25) is 0 Å². The molecule has 0 unspecified atom stereocenters. The zero-order valence-corrected chi connectivity index (χ0v) is 16.0. The molecule has 4 heteroatoms. The lowest BCUT2D eigenvalue weighted by Gasteiger charge is -2.54. The highest BCUT2D eigenvalue weighted by molar-refractivity contribution is 5.78. The first-order valence-electron chi connectivity index (χ1n) is 10.3. The summed E-state index contributed by atoms with van der Waals surface area (Å²) in [5.41, 5.74) is -0.421. The summed E-state index contributed by atoms with van der Waals surface area (Å²) < 4.78 is 5.38. The van der Waals surface area contributed by atoms with Gasteiger partial charge in [0.25, 0.3) is 0 Å². The summed E-state index contributed by atoms with van der Waals surface area (Å²) in [6.07, 6.45) is 8.19. The Balaban J connectivity index is 1.22. The van der Waals surface area contributed by atoms with Crippen LogP contribution < -0.4 is 0 Å². The normalized spacial score (nSPS) is 37.1. The van der Waals surface area contributed by atoms with Crippen LogP contribution in [-0.2, 0) is 14.3 Å². The molecule has 1 heterocycles. The number of hydrogen-bond acceptors (Lipinski definition) is 3. The SMILES string of the molecule is CC(C)(C)OC(=O)CC1CN(C(=O)CC2C3CC4CC(C3)CC2C4)C1. The fraction of sp³-hybridized carbons (Fsp3) is 0.905. The maximum atomic E-state index is 12.7. The van der Waals surface area contributed by atoms with E-state index in [1.807, 2.05) is 25.7 Å². The van der Waals surface area contributed by atoms with Gasteiger partial charge in [-0.05, 0) is 82.5 Å². The summed E-state index contributed by atoms with van der Waals surface area (Å²) in [6.45, 7) is 7.17. The second-order valence-corrected chi connectivity index (χ2v) is 10.3. The Bertz CT molecular complexity index is 516. The second kappa shape index (κ2) is 6.28. The van der Waals surface area contributed by atoms with Crippen LogP contribution in [0.1, 0.15) is 65.7 Å². The summed E-state index contributed by atoms with van der Waals surface area (Å²) in [4.78, 5) is 26.6. The van der Waals surface area contributed by atoms with Gasteiger partial charge in [-0.15, -0.1) is 0 Å². The van der Waals surface area contributed by atoms with Crippen molar-refractivity contribution in [3.8, 4) is 0 Å². The summed E-state index contributed by atoms with van der Waals surface area (Å²) in [7, 11) is 0. The van der Waals surface area contributed by atoms with Crippen LogP contribution in [0, 0.1) is 35.5 Å². The Hall–Kier alpha value is -1.06. The molecule has 5 fully saturated rings. The van der Waals surface area contributed by atoms with E-state index in [0.29, 0.717) is 18.2 Å². The molecule has 5 rings (SSSR count). The van der Waals surface area contributed by atoms with Crippen molar-refractivity contribution in [3.05, 3.63) is 0 Å². The van der Waals surface area contributed by atoms with Gasteiger partial charge in [-0.25, -0.2) is 0 Å². The fourth-order valence-corrected chi connectivity index (χ4v) is 6.22. The molecule has 0 spiro atoms. The van der Waals surface area contributed by atoms with E-state index in [2.05, 4.69) is 0 Å². The number of ether oxygens (including phenoxy) is 1. The van der Waals surface area contributed by atoms with Gasteiger partial charge in [0.05, 0.1) is 6.42 Å². The highest BCUT2D eigenvalue weighted by Crippen LogP contribution is 2.57. The number of carbonyl (C=O) groups is 2. The highest BCUT2D eigenvalue weighted by Gasteiger charge is 2.49. The van der Waals surface area contributed by atoms with Crippen LogP contribution in [0.5, 0.6) is 0 Å². The van der Waals surface area contributed by atoms with Gasteiger partial charge in [-0.2, -0.15) is 0 Å². The maximum absolute atomic E-state index is 12.7. The highest BCUT2D eigenvalue weighted by atomic mass is 16.6. The first-order valence-corrected chi connectivity index (χ1v) is 10.3. The van der Waals surface area contributed by atoms with Crippen LogP contribution in [0.15, 0.2) is 0 Å². The molecule has 0 N–H and O–H groups in total. The van der Waals surface area contributed by atoms with Crippen molar-refractivity contribution in [2.45, 2.75) is 71.3 Å². The number of carbonyl (C=O) groups excluding carboxylic acids is 2. The molecule has 4 saturated carbocycles. The van der Waals surface area contributed by atoms with Crippen molar-refractivity contribution < 1.29 is 14.3 Å². The molecular weight excluding hydrogens is 314 g/mol. The Morgan fingerprint density at radius 2 is 1.48 bits per heavy atom. The number of likely N-dealkylation sites (tertiary alicyclic amines) is 1. The molecule has 0 aromatic heterocycles. The molecule has 4 nitrogen and oxygen atoms in total. The van der Waals surface area contributed by atoms with E-state index in [0.717, 1.165) is 43.2 Å². The second-order valence-electron chi connectivity index (χ2n) is 10.3. The maximum Gasteiger partial charge on any atom is 0.306 e. The number of amides is 1. The molecule has 1 amide bonds. The number of hydrogen-bond donors (Lipinski definition) is 0. The predicted molar refractivity (Wildman–Crippen MR) is 95.7 cm³/mol. The van der Waals surface area contributed by atoms with Crippen LogP contribution in [0.3, 0.4) is 0 Å². The van der Waals surface area contributed by atoms with E-state index in [1.54, 1.807) is 0 Å². The molecular formula is C21H33NO3. The van der Waals surface area contributed by atoms with Gasteiger partial charge in [0.2, 0.25) is 5.91 Å². The fourth-order valence-electron chi connectivity index (χ4n) is 6.22. The lowest BCUT2D eigenvalue weighted by molar-refractivity contribution is -0.159. The van der Waals surface area contributed by atoms with E-state index in [4.69, 9.17) is 4.74 Å². The van der Waals surface area contributed by atoms with Crippen LogP contribution >= 0.6 is 0 Å². The molecule has 0 aromatic rings. The third-order valence-electron chi connectivity index (χ3n) is 7.02. The third kappa shape index (κ3) is 3.73. The Labute approximate surface area is 151 Å². The topological polar surface area (TPSA) is 46.6 Å². The Kier molecular flexibility index (Phi) is 4.36. The van der Waals surface area contributed by atoms with Crippen molar-refractivity contribution in [1.82, 2.24) is 4.90 Å². The summed E-state index contributed by atoms with van der Waals surface area (Å²) in [5.74, 6) is 4.70. The third-order valence-corrected chi connectivity index (χ3v) is 7.02. The summed E-state index contributed by atoms with van der Waals surface area (Å²) in [5, 5.41) is 0. The largest absolute Gasteiger partial charge is 0.460 e. The van der Waals surface area contributed by atoms with E-state index < -0.39 is 5.60 Å². The van der Waals surface area contributed by atoms with Crippen molar-refractivity contribution in [2.75, 3.05) is 13.1 Å². The first-order chi connectivity index (χ1) is 11.8. The monoisotopic (exact) mass is 347 g/mol. The lowest BCUT2D eigenvalue weighted by Crippen LogP contribution is -2.53. The minimum atomic E-state index is -0.421. The van der Waals surface area contributed by atoms with Gasteiger partial charge >= 0.3 is 5.97 Å². The van der Waals surface area contributed by atoms with Crippen LogP contribution in [0.25, 0.3) is 0 Å². The molecule has 0 aromatic carbocycles. The zero-order chi connectivity index (χ0) is 17.8. The Morgan fingerprint density at radius 1 is 0.920 bits per heavy atom. The van der Waals surface area contributed by atoms with E-state index >= 15 is 0 Å². The molecule has 4 aliphatic carbocycles. The molecule has 25 heavy (non-hydrogen) atoms. The summed E-state index contributed by atoms with van der Waals surface area (Å²) >= 11 is 0. The molecule has 1 saturated heterocycles. The zero-order valence-electron chi connectivity index (χ0n) is 16.0. The first kappa shape index (κ1) is 17.4. The van der Waals surface area contributed by atoms with Gasteiger partial charge in [0.1, 0.15) is 5.60 Å². The van der Waals surface area contributed by atoms with Crippen LogP contribution in [0.4, 0.5) is 0 Å². The van der Waals surface area contributed by atoms with Gasteiger partial charge in [0.15, 0.2) is 0 Å². The Morgan fingerprint density at radius 3 is 2.00 bits per heavy atom. The van der Waals surface area contributed by atoms with Crippen molar-refractivity contribution >= 4 is 11.9 Å². The average molecular weight is 347 g/mol. The molecule has 0 atom stereocenters. The minimum Gasteiger partial charge on any atom is -0.460 e. The number of rotatable bonds is 4. The molecule has 4 bridgehead atoms. The van der Waals surface area contributed by atoms with Crippen molar-refractivity contribution in [1.29, 1.82) is 0 Å². The average Bonchev–Trinajstić information content (AvgIpc) is 2.43. The van der Waals surface area contributed by atoms with Gasteiger partial charge in [0, 0.05) is 25.4 Å². The molecule has 0 radical (unpaired) electrons. The van der Waals surface area contributed by atoms with E-state index in [-0.39, 0.29) is 11.9 Å². The number of esters is 1. The van der Waals surface area contributed by atoms with Gasteiger partial charge in [-0.3, -0.25) is 9.59 Å². The molecule has 1 aliphatic heterocycles. The van der Waals surface area contributed by atoms with E-state index in [1.165, 1.54) is 32.1 Å². The van der Waals surface area contributed by atoms with Gasteiger partial charge < -0.3 is 9.64 Å². The van der Waals surface area contributed by atoms with Crippen LogP contribution in [-0.4, -0.2) is 35.5 Å².